The van der Waals surface area contributed by atoms with E-state index in [1.54, 1.807) is 0 Å². The molecule has 2 N–H and O–H groups in total. The van der Waals surface area contributed by atoms with E-state index in [2.05, 4.69) is 19.5 Å². The minimum Gasteiger partial charge on any atom is -0.374 e. The maximum absolute atomic E-state index is 14.7. The average Bonchev–Trinajstić information content (AvgIpc) is 3.56. The van der Waals surface area contributed by atoms with Gasteiger partial charge in [-0.3, -0.25) is 13.6 Å². The molecule has 29 heteroatoms. The normalized spacial score (nSPS) is 23.4. The predicted octanol–water partition coefficient (Wildman–Crippen LogP) is 6.66. The molecule has 1 aliphatic heterocycles. The van der Waals surface area contributed by atoms with E-state index < -0.39 is 97.1 Å². The van der Waals surface area contributed by atoms with Gasteiger partial charge in [-0.15, -0.1) is 0 Å². The maximum atomic E-state index is 14.7. The molecule has 1 fully saturated rings. The lowest BCUT2D eigenvalue weighted by Gasteiger charge is -2.42. The number of methoxy groups -OCH3 is 1. The van der Waals surface area contributed by atoms with Crippen LogP contribution >= 0.6 is 7.82 Å². The highest BCUT2D eigenvalue weighted by Crippen LogP contribution is 2.64. The lowest BCUT2D eigenvalue weighted by molar-refractivity contribution is -0.460. The fourth-order valence-electron chi connectivity index (χ4n) is 4.36. The predicted molar refractivity (Wildman–Crippen MR) is 126 cm³/mol. The van der Waals surface area contributed by atoms with Crippen LogP contribution in [0.1, 0.15) is 19.6 Å². The molecule has 2 aromatic rings. The number of ether oxygens (including phenoxy) is 2. The molecule has 0 saturated carbocycles. The second kappa shape index (κ2) is 12.7. The summed E-state index contributed by atoms with van der Waals surface area (Å²) >= 11 is 0. The van der Waals surface area contributed by atoms with Gasteiger partial charge in [0.05, 0.1) is 12.4 Å². The summed E-state index contributed by atoms with van der Waals surface area (Å²) in [7, 11) is -2.95. The monoisotopic (exact) mass is 791 g/mol. The van der Waals surface area contributed by atoms with E-state index in [9.17, 15) is 84.1 Å². The molecule has 3 rings (SSSR count). The number of alkyl halides is 17. The van der Waals surface area contributed by atoms with Crippen LogP contribution < -0.4 is 5.32 Å². The first-order valence-corrected chi connectivity index (χ1v) is 14.3. The fraction of sp³-hybridized carbons (Fsp3) is 0.762. The molecule has 0 aliphatic carbocycles. The number of nitrogens with one attached hydrogen (secondary N) is 1. The number of hydrogen-bond donors (Lipinski definition) is 2. The summed E-state index contributed by atoms with van der Waals surface area (Å²) in [6, 6.07) is -7.02. The van der Waals surface area contributed by atoms with Crippen molar-refractivity contribution in [2.45, 2.75) is 85.6 Å². The topological polar surface area (TPSA) is 130 Å². The lowest BCUT2D eigenvalue weighted by atomic mass is 9.90. The Morgan fingerprint density at radius 2 is 1.30 bits per heavy atom. The number of anilines is 1. The quantitative estimate of drug-likeness (QED) is 0.122. The summed E-state index contributed by atoms with van der Waals surface area (Å²) < 4.78 is 265. The SMILES string of the molecule is CC[C@H]1O[C@@H](n2cnc3c(NC(F)(F)C(F)(F)C(F)(F)C(F)(F)C(F)(F)C(F)(F)C(F)(F)C(F)(F)F)ncnc32)[C@@H](OC)C1OP(=O)(O)OC. The molecule has 50 heavy (non-hydrogen) atoms. The number of halogens is 17. The molecule has 1 saturated heterocycles. The van der Waals surface area contributed by atoms with Crippen molar-refractivity contribution in [1.29, 1.82) is 0 Å². The van der Waals surface area contributed by atoms with Gasteiger partial charge in [0, 0.05) is 14.2 Å². The van der Waals surface area contributed by atoms with E-state index in [0.717, 1.165) is 18.8 Å². The Morgan fingerprint density at radius 3 is 1.76 bits per heavy atom. The molecule has 0 aromatic carbocycles. The Kier molecular flexibility index (Phi) is 10.6. The van der Waals surface area contributed by atoms with Gasteiger partial charge in [-0.1, -0.05) is 6.92 Å². The van der Waals surface area contributed by atoms with Gasteiger partial charge >= 0.3 is 55.6 Å². The fourth-order valence-corrected chi connectivity index (χ4v) is 5.01. The van der Waals surface area contributed by atoms with Crippen LogP contribution in [0.3, 0.4) is 0 Å². The van der Waals surface area contributed by atoms with Crippen molar-refractivity contribution in [3.05, 3.63) is 12.7 Å². The zero-order valence-corrected chi connectivity index (χ0v) is 25.2. The summed E-state index contributed by atoms with van der Waals surface area (Å²) in [5.74, 6) is -52.9. The highest BCUT2D eigenvalue weighted by Gasteiger charge is 2.95. The molecule has 0 radical (unpaired) electrons. The van der Waals surface area contributed by atoms with Crippen molar-refractivity contribution in [1.82, 2.24) is 19.5 Å². The number of hydrogen-bond acceptors (Lipinski definition) is 9. The van der Waals surface area contributed by atoms with Crippen molar-refractivity contribution < 1.29 is 103 Å². The van der Waals surface area contributed by atoms with Gasteiger partial charge in [-0.05, 0) is 6.42 Å². The van der Waals surface area contributed by atoms with E-state index in [-0.39, 0.29) is 18.1 Å². The third-order valence-electron chi connectivity index (χ3n) is 7.08. The summed E-state index contributed by atoms with van der Waals surface area (Å²) in [5.41, 5.74) is -1.93. The zero-order valence-electron chi connectivity index (χ0n) is 24.3. The van der Waals surface area contributed by atoms with Gasteiger partial charge in [-0.25, -0.2) is 19.5 Å². The third kappa shape index (κ3) is 6.11. The van der Waals surface area contributed by atoms with E-state index in [0.29, 0.717) is 6.33 Å². The maximum Gasteiger partial charge on any atom is 0.472 e. The molecule has 1 aliphatic rings. The van der Waals surface area contributed by atoms with Gasteiger partial charge in [-0.2, -0.15) is 74.6 Å². The van der Waals surface area contributed by atoms with Crippen LogP contribution in [0.2, 0.25) is 0 Å². The Balaban J connectivity index is 2.05. The van der Waals surface area contributed by atoms with Crippen molar-refractivity contribution in [2.24, 2.45) is 0 Å². The molecule has 2 aromatic heterocycles. The number of aromatic nitrogens is 4. The van der Waals surface area contributed by atoms with E-state index in [1.807, 2.05) is 0 Å². The van der Waals surface area contributed by atoms with Gasteiger partial charge < -0.3 is 19.7 Å². The molecule has 11 nitrogen and oxygen atoms in total. The number of phosphoric ester groups is 1. The first kappa shape index (κ1) is 41.6. The van der Waals surface area contributed by atoms with E-state index in [4.69, 9.17) is 14.0 Å². The standard InChI is InChI=1S/C21H19F17N5O6P/c1-4-7-9(49-50(44,45)47-3)10(46-2)13(48-7)43-6-41-8-11(39-5-40-12(8)43)42-21(37,38)19(32,33)17(28,29)15(24,25)14(22,23)16(26,27)18(30,31)20(34,35)36/h5-7,9-10,13H,4H2,1-3H3,(H,44,45)(H,39,40,42)/t7-,9?,10+,13-/m1/s1. The van der Waals surface area contributed by atoms with Crippen molar-refractivity contribution in [2.75, 3.05) is 19.5 Å². The van der Waals surface area contributed by atoms with E-state index in [1.165, 1.54) is 6.92 Å². The largest absolute Gasteiger partial charge is 0.472 e. The molecular weight excluding hydrogens is 772 g/mol. The van der Waals surface area contributed by atoms with Gasteiger partial charge in [0.25, 0.3) is 0 Å². The molecule has 0 spiro atoms. The molecular formula is C21H19F17N5O6P. The lowest BCUT2D eigenvalue weighted by Crippen LogP contribution is -2.75. The smallest absolute Gasteiger partial charge is 0.374 e. The number of rotatable bonds is 14. The van der Waals surface area contributed by atoms with Crippen LogP contribution in [-0.4, -0.2) is 105 Å². The average molecular weight is 791 g/mol. The zero-order chi connectivity index (χ0) is 38.9. The Morgan fingerprint density at radius 1 is 0.800 bits per heavy atom. The second-order valence-electron chi connectivity index (χ2n) is 10.1. The number of imidazole rings is 1. The Bertz CT molecular complexity index is 1590. The molecule has 2 unspecified atom stereocenters. The first-order chi connectivity index (χ1) is 22.3. The molecule has 5 atom stereocenters. The number of nitrogens with zero attached hydrogens (tertiary/aromatic N) is 4. The van der Waals surface area contributed by atoms with Crippen molar-refractivity contribution >= 4 is 24.8 Å². The van der Waals surface area contributed by atoms with Crippen LogP contribution in [0, 0.1) is 0 Å². The third-order valence-corrected chi connectivity index (χ3v) is 8.05. The molecule has 0 bridgehead atoms. The summed E-state index contributed by atoms with van der Waals surface area (Å²) in [6.45, 7) is 1.47. The minimum absolute atomic E-state index is 0.0120. The molecule has 288 valence electrons. The van der Waals surface area contributed by atoms with Gasteiger partial charge in [0.1, 0.15) is 18.5 Å². The van der Waals surface area contributed by atoms with Crippen LogP contribution in [-0.2, 0) is 23.1 Å². The van der Waals surface area contributed by atoms with E-state index >= 15 is 0 Å². The summed E-state index contributed by atoms with van der Waals surface area (Å²) in [4.78, 5) is 19.7. The minimum atomic E-state index is -8.78. The van der Waals surface area contributed by atoms with Crippen molar-refractivity contribution in [3.8, 4) is 0 Å². The second-order valence-corrected chi connectivity index (χ2v) is 11.6. The highest BCUT2D eigenvalue weighted by molar-refractivity contribution is 7.47. The van der Waals surface area contributed by atoms with Crippen LogP contribution in [0.25, 0.3) is 11.2 Å². The summed E-state index contributed by atoms with van der Waals surface area (Å²) in [6.07, 6.45) is -12.6. The van der Waals surface area contributed by atoms with Gasteiger partial charge in [0.15, 0.2) is 23.2 Å². The number of phosphoric acid groups is 1. The highest BCUT2D eigenvalue weighted by atomic mass is 31.2. The van der Waals surface area contributed by atoms with Crippen molar-refractivity contribution in [3.63, 3.8) is 0 Å². The van der Waals surface area contributed by atoms with Crippen LogP contribution in [0.5, 0.6) is 0 Å². The molecule has 3 heterocycles. The first-order valence-electron chi connectivity index (χ1n) is 12.8. The van der Waals surface area contributed by atoms with Gasteiger partial charge in [0.2, 0.25) is 0 Å². The Hall–Kier alpha value is -2.81. The Labute approximate surface area is 265 Å². The molecule has 0 amide bonds. The van der Waals surface area contributed by atoms with Crippen LogP contribution in [0.15, 0.2) is 12.7 Å². The summed E-state index contributed by atoms with van der Waals surface area (Å²) in [5, 5.41) is 0.154. The van der Waals surface area contributed by atoms with Crippen LogP contribution in [0.4, 0.5) is 80.5 Å². The number of fused-ring (bicyclic) bond motifs is 1.